The molecule has 2 N–H and O–H groups in total. The average molecular weight is 198 g/mol. The van der Waals surface area contributed by atoms with Crippen LogP contribution in [0, 0.1) is 0 Å². The Labute approximate surface area is 88.8 Å². The van der Waals surface area contributed by atoms with Crippen molar-refractivity contribution in [3.63, 3.8) is 0 Å². The lowest BCUT2D eigenvalue weighted by Gasteiger charge is -2.39. The second-order valence-corrected chi connectivity index (χ2v) is 4.82. The Bertz CT molecular complexity index is 148. The predicted molar refractivity (Wildman–Crippen MR) is 62.4 cm³/mol. The predicted octanol–water partition coefficient (Wildman–Crippen LogP) is 2.38. The molecule has 14 heavy (non-hydrogen) atoms. The van der Waals surface area contributed by atoms with Gasteiger partial charge in [-0.25, -0.2) is 0 Å². The molecule has 0 bridgehead atoms. The van der Waals surface area contributed by atoms with Crippen molar-refractivity contribution in [2.45, 2.75) is 71.0 Å². The zero-order valence-electron chi connectivity index (χ0n) is 10.00. The summed E-state index contributed by atoms with van der Waals surface area (Å²) in [5.74, 6) is 0. The minimum absolute atomic E-state index is 0.399. The van der Waals surface area contributed by atoms with Gasteiger partial charge >= 0.3 is 0 Å². The maximum Gasteiger partial charge on any atom is 0.00697 e. The monoisotopic (exact) mass is 198 g/mol. The van der Waals surface area contributed by atoms with Crippen LogP contribution >= 0.6 is 0 Å². The van der Waals surface area contributed by atoms with Gasteiger partial charge in [-0.05, 0) is 39.5 Å². The lowest BCUT2D eigenvalue weighted by atomic mass is 9.97. The van der Waals surface area contributed by atoms with Gasteiger partial charge < -0.3 is 5.73 Å². The standard InChI is InChI=1S/C12H26N2/c1-4-12(13)8-9-14-10(2)6-5-7-11(14)3/h10-12H,4-9,13H2,1-3H3/t10-,11+,12?. The minimum atomic E-state index is 0.399. The summed E-state index contributed by atoms with van der Waals surface area (Å²) in [4.78, 5) is 2.64. The number of nitrogens with zero attached hydrogens (tertiary/aromatic N) is 1. The van der Waals surface area contributed by atoms with Crippen LogP contribution in [0.4, 0.5) is 0 Å². The van der Waals surface area contributed by atoms with Gasteiger partial charge in [-0.3, -0.25) is 4.90 Å². The number of piperidine rings is 1. The molecule has 1 fully saturated rings. The molecule has 2 nitrogen and oxygen atoms in total. The summed E-state index contributed by atoms with van der Waals surface area (Å²) in [7, 11) is 0. The Morgan fingerprint density at radius 2 is 1.86 bits per heavy atom. The smallest absolute Gasteiger partial charge is 0.00697 e. The second-order valence-electron chi connectivity index (χ2n) is 4.82. The molecule has 0 spiro atoms. The Kier molecular flexibility index (Phi) is 4.90. The summed E-state index contributed by atoms with van der Waals surface area (Å²) in [6.07, 6.45) is 6.40. The first-order valence-corrected chi connectivity index (χ1v) is 6.16. The van der Waals surface area contributed by atoms with Crippen molar-refractivity contribution in [1.29, 1.82) is 0 Å². The van der Waals surface area contributed by atoms with Crippen LogP contribution in [-0.4, -0.2) is 29.6 Å². The van der Waals surface area contributed by atoms with Crippen LogP contribution in [0.3, 0.4) is 0 Å². The largest absolute Gasteiger partial charge is 0.328 e. The fourth-order valence-electron chi connectivity index (χ4n) is 2.43. The maximum absolute atomic E-state index is 5.95. The third-order valence-electron chi connectivity index (χ3n) is 3.66. The van der Waals surface area contributed by atoms with E-state index >= 15 is 0 Å². The van der Waals surface area contributed by atoms with Crippen LogP contribution in [0.25, 0.3) is 0 Å². The second kappa shape index (κ2) is 5.72. The van der Waals surface area contributed by atoms with Crippen molar-refractivity contribution in [3.05, 3.63) is 0 Å². The van der Waals surface area contributed by atoms with Gasteiger partial charge in [0, 0.05) is 24.7 Å². The quantitative estimate of drug-likeness (QED) is 0.751. The summed E-state index contributed by atoms with van der Waals surface area (Å²) in [6.45, 7) is 8.07. The first-order valence-electron chi connectivity index (χ1n) is 6.16. The highest BCUT2D eigenvalue weighted by molar-refractivity contribution is 4.80. The van der Waals surface area contributed by atoms with E-state index in [2.05, 4.69) is 25.7 Å². The zero-order valence-corrected chi connectivity index (χ0v) is 10.00. The molecule has 2 heteroatoms. The van der Waals surface area contributed by atoms with Gasteiger partial charge in [0.1, 0.15) is 0 Å². The lowest BCUT2D eigenvalue weighted by Crippen LogP contribution is -2.45. The molecule has 84 valence electrons. The van der Waals surface area contributed by atoms with Crippen molar-refractivity contribution in [3.8, 4) is 0 Å². The van der Waals surface area contributed by atoms with Crippen LogP contribution in [0.1, 0.15) is 52.9 Å². The van der Waals surface area contributed by atoms with Crippen LogP contribution in [0.2, 0.25) is 0 Å². The summed E-state index contributed by atoms with van der Waals surface area (Å²) >= 11 is 0. The van der Waals surface area contributed by atoms with E-state index in [9.17, 15) is 0 Å². The molecular weight excluding hydrogens is 172 g/mol. The molecule has 0 amide bonds. The number of hydrogen-bond donors (Lipinski definition) is 1. The Morgan fingerprint density at radius 3 is 2.36 bits per heavy atom. The Hall–Kier alpha value is -0.0800. The molecule has 0 saturated carbocycles. The third kappa shape index (κ3) is 3.25. The summed E-state index contributed by atoms with van der Waals surface area (Å²) < 4.78 is 0. The highest BCUT2D eigenvalue weighted by Gasteiger charge is 2.24. The van der Waals surface area contributed by atoms with E-state index in [4.69, 9.17) is 5.73 Å². The summed E-state index contributed by atoms with van der Waals surface area (Å²) in [5, 5.41) is 0. The molecule has 1 aliphatic rings. The molecule has 0 aromatic heterocycles. The normalized spacial score (nSPS) is 31.7. The van der Waals surface area contributed by atoms with Gasteiger partial charge in [0.15, 0.2) is 0 Å². The number of rotatable bonds is 4. The highest BCUT2D eigenvalue weighted by Crippen LogP contribution is 2.22. The van der Waals surface area contributed by atoms with E-state index in [1.807, 2.05) is 0 Å². The topological polar surface area (TPSA) is 29.3 Å². The number of likely N-dealkylation sites (tertiary alicyclic amines) is 1. The van der Waals surface area contributed by atoms with Gasteiger partial charge in [-0.2, -0.15) is 0 Å². The molecule has 0 aromatic carbocycles. The Balaban J connectivity index is 2.32. The minimum Gasteiger partial charge on any atom is -0.328 e. The van der Waals surface area contributed by atoms with E-state index in [1.54, 1.807) is 0 Å². The molecule has 1 unspecified atom stereocenters. The van der Waals surface area contributed by atoms with Crippen molar-refractivity contribution in [1.82, 2.24) is 4.90 Å². The number of nitrogens with two attached hydrogens (primary N) is 1. The van der Waals surface area contributed by atoms with E-state index in [0.29, 0.717) is 6.04 Å². The molecule has 0 radical (unpaired) electrons. The zero-order chi connectivity index (χ0) is 10.6. The van der Waals surface area contributed by atoms with E-state index < -0.39 is 0 Å². The van der Waals surface area contributed by atoms with Gasteiger partial charge in [0.05, 0.1) is 0 Å². The van der Waals surface area contributed by atoms with E-state index in [0.717, 1.165) is 24.9 Å². The molecule has 1 rings (SSSR count). The van der Waals surface area contributed by atoms with Crippen LogP contribution in [-0.2, 0) is 0 Å². The van der Waals surface area contributed by atoms with Crippen LogP contribution in [0.15, 0.2) is 0 Å². The highest BCUT2D eigenvalue weighted by atomic mass is 15.2. The van der Waals surface area contributed by atoms with E-state index in [-0.39, 0.29) is 0 Å². The van der Waals surface area contributed by atoms with Crippen LogP contribution < -0.4 is 5.73 Å². The van der Waals surface area contributed by atoms with Gasteiger partial charge in [-0.15, -0.1) is 0 Å². The lowest BCUT2D eigenvalue weighted by molar-refractivity contribution is 0.0995. The third-order valence-corrected chi connectivity index (χ3v) is 3.66. The van der Waals surface area contributed by atoms with Gasteiger partial charge in [-0.1, -0.05) is 13.3 Å². The van der Waals surface area contributed by atoms with Gasteiger partial charge in [0.2, 0.25) is 0 Å². The van der Waals surface area contributed by atoms with Crippen molar-refractivity contribution in [2.24, 2.45) is 5.73 Å². The van der Waals surface area contributed by atoms with E-state index in [1.165, 1.54) is 25.8 Å². The van der Waals surface area contributed by atoms with Gasteiger partial charge in [0.25, 0.3) is 0 Å². The summed E-state index contributed by atoms with van der Waals surface area (Å²) in [5.41, 5.74) is 5.95. The van der Waals surface area contributed by atoms with Crippen molar-refractivity contribution >= 4 is 0 Å². The molecule has 1 aliphatic heterocycles. The molecule has 1 saturated heterocycles. The first-order chi connectivity index (χ1) is 6.65. The average Bonchev–Trinajstić information content (AvgIpc) is 2.16. The molecular formula is C12H26N2. The molecule has 3 atom stereocenters. The van der Waals surface area contributed by atoms with Crippen molar-refractivity contribution < 1.29 is 0 Å². The number of hydrogen-bond acceptors (Lipinski definition) is 2. The Morgan fingerprint density at radius 1 is 1.29 bits per heavy atom. The molecule has 0 aromatic rings. The van der Waals surface area contributed by atoms with Crippen molar-refractivity contribution in [2.75, 3.05) is 6.54 Å². The fraction of sp³-hybridized carbons (Fsp3) is 1.00. The SMILES string of the molecule is CCC(N)CCN1[C@H](C)CCC[C@@H]1C. The molecule has 1 heterocycles. The maximum atomic E-state index is 5.95. The summed E-state index contributed by atoms with van der Waals surface area (Å²) in [6, 6.07) is 1.93. The van der Waals surface area contributed by atoms with Crippen LogP contribution in [0.5, 0.6) is 0 Å². The fourth-order valence-corrected chi connectivity index (χ4v) is 2.43. The first kappa shape index (κ1) is 12.0. The molecule has 0 aliphatic carbocycles.